The summed E-state index contributed by atoms with van der Waals surface area (Å²) in [6.45, 7) is 2.72. The molecule has 1 aromatic rings. The lowest BCUT2D eigenvalue weighted by atomic mass is 10.2. The van der Waals surface area contributed by atoms with Gasteiger partial charge in [-0.3, -0.25) is 4.79 Å². The molecule has 0 fully saturated rings. The van der Waals surface area contributed by atoms with Gasteiger partial charge in [0.05, 0.1) is 0 Å². The van der Waals surface area contributed by atoms with Crippen LogP contribution in [-0.2, 0) is 0 Å². The molecule has 4 N–H and O–H groups in total. The number of nitrogens with two attached hydrogens (primary N) is 1. The van der Waals surface area contributed by atoms with Crippen molar-refractivity contribution in [3.05, 3.63) is 23.9 Å². The van der Waals surface area contributed by atoms with Crippen molar-refractivity contribution in [2.45, 2.75) is 6.92 Å². The van der Waals surface area contributed by atoms with E-state index in [0.717, 1.165) is 6.54 Å². The first-order chi connectivity index (χ1) is 6.24. The highest BCUT2D eigenvalue weighted by Crippen LogP contribution is 2.04. The fourth-order valence-electron chi connectivity index (χ4n) is 0.831. The highest BCUT2D eigenvalue weighted by Gasteiger charge is 2.00. The number of hydrazine groups is 1. The molecule has 0 aliphatic heterocycles. The van der Waals surface area contributed by atoms with E-state index in [1.165, 1.54) is 6.20 Å². The normalized spacial score (nSPS) is 9.62. The molecule has 1 heterocycles. The van der Waals surface area contributed by atoms with Crippen molar-refractivity contribution < 1.29 is 4.79 Å². The lowest BCUT2D eigenvalue weighted by Crippen LogP contribution is -2.22. The second-order valence-corrected chi connectivity index (χ2v) is 2.45. The first kappa shape index (κ1) is 9.47. The number of anilines is 1. The average Bonchev–Trinajstić information content (AvgIpc) is 2.15. The van der Waals surface area contributed by atoms with Gasteiger partial charge < -0.3 is 11.2 Å². The Kier molecular flexibility index (Phi) is 3.22. The maximum atomic E-state index is 10.8. The van der Waals surface area contributed by atoms with Gasteiger partial charge in [0.1, 0.15) is 5.82 Å². The van der Waals surface area contributed by atoms with E-state index in [1.807, 2.05) is 6.92 Å². The lowest BCUT2D eigenvalue weighted by molar-refractivity contribution is 0.1000. The minimum absolute atomic E-state index is 0.440. The molecular formula is C8H12N4O. The van der Waals surface area contributed by atoms with Crippen LogP contribution in [0.3, 0.4) is 0 Å². The van der Waals surface area contributed by atoms with E-state index in [0.29, 0.717) is 11.4 Å². The third kappa shape index (κ3) is 2.72. The molecule has 1 aromatic heterocycles. The quantitative estimate of drug-likeness (QED) is 0.575. The van der Waals surface area contributed by atoms with Crippen molar-refractivity contribution in [1.82, 2.24) is 10.4 Å². The summed E-state index contributed by atoms with van der Waals surface area (Å²) in [4.78, 5) is 14.8. The molecule has 0 bridgehead atoms. The third-order valence-corrected chi connectivity index (χ3v) is 1.44. The Hall–Kier alpha value is -1.62. The maximum absolute atomic E-state index is 10.8. The zero-order valence-electron chi connectivity index (χ0n) is 7.37. The number of rotatable bonds is 4. The fraction of sp³-hybridized carbons (Fsp3) is 0.250. The van der Waals surface area contributed by atoms with Crippen LogP contribution in [0.5, 0.6) is 0 Å². The van der Waals surface area contributed by atoms with Crippen LogP contribution in [0.25, 0.3) is 0 Å². The Morgan fingerprint density at radius 1 is 1.69 bits per heavy atom. The minimum Gasteiger partial charge on any atom is -0.366 e. The molecule has 70 valence electrons. The fourth-order valence-corrected chi connectivity index (χ4v) is 0.831. The highest BCUT2D eigenvalue weighted by atomic mass is 16.1. The number of nitrogens with zero attached hydrogens (tertiary/aromatic N) is 1. The van der Waals surface area contributed by atoms with Crippen LogP contribution in [0.4, 0.5) is 5.82 Å². The van der Waals surface area contributed by atoms with Crippen LogP contribution < -0.4 is 16.6 Å². The number of nitrogens with one attached hydrogen (secondary N) is 2. The predicted octanol–water partition coefficient (Wildman–Crippen LogP) is 0.117. The number of amides is 1. The van der Waals surface area contributed by atoms with Crippen molar-refractivity contribution >= 4 is 11.7 Å². The third-order valence-electron chi connectivity index (χ3n) is 1.44. The topological polar surface area (TPSA) is 80.0 Å². The van der Waals surface area contributed by atoms with Gasteiger partial charge in [-0.05, 0) is 12.1 Å². The van der Waals surface area contributed by atoms with E-state index in [2.05, 4.69) is 15.8 Å². The molecule has 13 heavy (non-hydrogen) atoms. The van der Waals surface area contributed by atoms with Gasteiger partial charge in [0.2, 0.25) is 5.91 Å². The van der Waals surface area contributed by atoms with Crippen LogP contribution >= 0.6 is 0 Å². The van der Waals surface area contributed by atoms with Gasteiger partial charge in [-0.25, -0.2) is 10.4 Å². The van der Waals surface area contributed by atoms with Gasteiger partial charge >= 0.3 is 0 Å². The maximum Gasteiger partial charge on any atom is 0.248 e. The first-order valence-corrected chi connectivity index (χ1v) is 3.98. The van der Waals surface area contributed by atoms with E-state index in [4.69, 9.17) is 5.73 Å². The largest absolute Gasteiger partial charge is 0.366 e. The van der Waals surface area contributed by atoms with E-state index in [-0.39, 0.29) is 0 Å². The van der Waals surface area contributed by atoms with Crippen molar-refractivity contribution in [3.8, 4) is 0 Å². The number of pyridine rings is 1. The van der Waals surface area contributed by atoms with Crippen molar-refractivity contribution in [3.63, 3.8) is 0 Å². The van der Waals surface area contributed by atoms with Crippen LogP contribution in [0, 0.1) is 0 Å². The molecule has 0 aromatic carbocycles. The summed E-state index contributed by atoms with van der Waals surface area (Å²) in [7, 11) is 0. The molecule has 1 rings (SSSR count). The molecule has 0 aliphatic carbocycles. The number of primary amides is 1. The number of aromatic nitrogens is 1. The minimum atomic E-state index is -0.457. The average molecular weight is 180 g/mol. The summed E-state index contributed by atoms with van der Waals surface area (Å²) in [5.74, 6) is 0.125. The summed E-state index contributed by atoms with van der Waals surface area (Å²) >= 11 is 0. The van der Waals surface area contributed by atoms with Gasteiger partial charge in [0, 0.05) is 18.3 Å². The number of hydrogen-bond acceptors (Lipinski definition) is 4. The molecule has 0 aliphatic rings. The highest BCUT2D eigenvalue weighted by molar-refractivity contribution is 5.93. The van der Waals surface area contributed by atoms with Gasteiger partial charge in [-0.2, -0.15) is 0 Å². The Bertz CT molecular complexity index is 300. The second kappa shape index (κ2) is 4.42. The van der Waals surface area contributed by atoms with Gasteiger partial charge in [-0.15, -0.1) is 0 Å². The first-order valence-electron chi connectivity index (χ1n) is 3.98. The van der Waals surface area contributed by atoms with E-state index in [9.17, 15) is 4.79 Å². The molecule has 0 spiro atoms. The molecule has 0 radical (unpaired) electrons. The summed E-state index contributed by atoms with van der Waals surface area (Å²) in [6, 6.07) is 3.16. The monoisotopic (exact) mass is 180 g/mol. The van der Waals surface area contributed by atoms with Crippen LogP contribution in [0.15, 0.2) is 18.3 Å². The molecule has 0 atom stereocenters. The van der Waals surface area contributed by atoms with Gasteiger partial charge in [-0.1, -0.05) is 6.92 Å². The zero-order chi connectivity index (χ0) is 9.68. The van der Waals surface area contributed by atoms with Gasteiger partial charge in [0.25, 0.3) is 0 Å². The molecule has 0 unspecified atom stereocenters. The van der Waals surface area contributed by atoms with Crippen LogP contribution in [-0.4, -0.2) is 17.4 Å². The SMILES string of the molecule is CCNNc1cc(C(N)=O)ccn1. The Labute approximate surface area is 76.3 Å². The van der Waals surface area contributed by atoms with Crippen molar-refractivity contribution in [2.75, 3.05) is 12.0 Å². The van der Waals surface area contributed by atoms with E-state index >= 15 is 0 Å². The Morgan fingerprint density at radius 2 is 2.46 bits per heavy atom. The van der Waals surface area contributed by atoms with Crippen molar-refractivity contribution in [1.29, 1.82) is 0 Å². The molecule has 0 saturated heterocycles. The summed E-state index contributed by atoms with van der Waals surface area (Å²) in [5, 5.41) is 0. The van der Waals surface area contributed by atoms with Gasteiger partial charge in [0.15, 0.2) is 0 Å². The molecule has 5 heteroatoms. The zero-order valence-corrected chi connectivity index (χ0v) is 7.37. The predicted molar refractivity (Wildman–Crippen MR) is 50.1 cm³/mol. The van der Waals surface area contributed by atoms with Crippen LogP contribution in [0.1, 0.15) is 17.3 Å². The summed E-state index contributed by atoms with van der Waals surface area (Å²) in [6.07, 6.45) is 1.53. The number of carbonyl (C=O) groups excluding carboxylic acids is 1. The van der Waals surface area contributed by atoms with Crippen molar-refractivity contribution in [2.24, 2.45) is 5.73 Å². The molecule has 5 nitrogen and oxygen atoms in total. The van der Waals surface area contributed by atoms with E-state index < -0.39 is 5.91 Å². The second-order valence-electron chi connectivity index (χ2n) is 2.45. The lowest BCUT2D eigenvalue weighted by Gasteiger charge is -2.05. The smallest absolute Gasteiger partial charge is 0.248 e. The number of hydrogen-bond donors (Lipinski definition) is 3. The van der Waals surface area contributed by atoms with Crippen LogP contribution in [0.2, 0.25) is 0 Å². The molecule has 1 amide bonds. The summed E-state index contributed by atoms with van der Waals surface area (Å²) < 4.78 is 0. The Morgan fingerprint density at radius 3 is 3.08 bits per heavy atom. The van der Waals surface area contributed by atoms with E-state index in [1.54, 1.807) is 12.1 Å². The molecule has 0 saturated carbocycles. The molecular weight excluding hydrogens is 168 g/mol. The Balaban J connectivity index is 2.73. The number of carbonyl (C=O) groups is 1. The standard InChI is InChI=1S/C8H12N4O/c1-2-11-12-7-5-6(8(9)13)3-4-10-7/h3-5,11H,2H2,1H3,(H2,9,13)(H,10,12). The summed E-state index contributed by atoms with van der Waals surface area (Å²) in [5.41, 5.74) is 11.2.